The second kappa shape index (κ2) is 7.11. The SMILES string of the molecule is CC1=CC(=O)C[C@H]2[C@H](O[Si](C)(C)C(C)(C)C)[C@@H](O[Si](C)(C)C(C)(C)C)CN12. The minimum Gasteiger partial charge on any atom is -0.409 e. The van der Waals surface area contributed by atoms with Gasteiger partial charge in [-0.25, -0.2) is 0 Å². The number of hydrogen-bond acceptors (Lipinski definition) is 4. The maximum absolute atomic E-state index is 12.3. The summed E-state index contributed by atoms with van der Waals surface area (Å²) in [6.07, 6.45) is 2.31. The lowest BCUT2D eigenvalue weighted by Gasteiger charge is -2.44. The average molecular weight is 412 g/mol. The molecule has 156 valence electrons. The van der Waals surface area contributed by atoms with E-state index >= 15 is 0 Å². The van der Waals surface area contributed by atoms with Crippen molar-refractivity contribution in [2.75, 3.05) is 6.54 Å². The van der Waals surface area contributed by atoms with Crippen molar-refractivity contribution in [3.05, 3.63) is 11.8 Å². The van der Waals surface area contributed by atoms with Crippen LogP contribution in [0.15, 0.2) is 11.8 Å². The van der Waals surface area contributed by atoms with Gasteiger partial charge in [0.05, 0.1) is 18.2 Å². The molecule has 0 aromatic carbocycles. The van der Waals surface area contributed by atoms with E-state index in [0.29, 0.717) is 6.42 Å². The molecule has 1 saturated heterocycles. The first-order valence-corrected chi connectivity index (χ1v) is 16.1. The van der Waals surface area contributed by atoms with Crippen LogP contribution in [0.5, 0.6) is 0 Å². The average Bonchev–Trinajstić information content (AvgIpc) is 2.74. The van der Waals surface area contributed by atoms with E-state index in [-0.39, 0.29) is 34.1 Å². The molecule has 2 rings (SSSR count). The van der Waals surface area contributed by atoms with Gasteiger partial charge in [-0.1, -0.05) is 41.5 Å². The van der Waals surface area contributed by atoms with E-state index in [0.717, 1.165) is 12.2 Å². The molecule has 0 spiro atoms. The third-order valence-corrected chi connectivity index (χ3v) is 16.2. The molecule has 0 aromatic rings. The second-order valence-corrected chi connectivity index (χ2v) is 20.9. The van der Waals surface area contributed by atoms with Crippen LogP contribution in [0.4, 0.5) is 0 Å². The summed E-state index contributed by atoms with van der Waals surface area (Å²) in [4.78, 5) is 14.7. The monoisotopic (exact) mass is 411 g/mol. The molecule has 1 fully saturated rings. The van der Waals surface area contributed by atoms with Crippen LogP contribution in [0.25, 0.3) is 0 Å². The fourth-order valence-electron chi connectivity index (χ4n) is 3.40. The minimum atomic E-state index is -1.98. The van der Waals surface area contributed by atoms with Gasteiger partial charge in [-0.15, -0.1) is 0 Å². The van der Waals surface area contributed by atoms with Gasteiger partial charge in [0.15, 0.2) is 22.4 Å². The van der Waals surface area contributed by atoms with Crippen molar-refractivity contribution in [1.29, 1.82) is 0 Å². The maximum Gasteiger partial charge on any atom is 0.192 e. The number of ketones is 1. The zero-order valence-electron chi connectivity index (χ0n) is 19.4. The molecule has 0 radical (unpaired) electrons. The highest BCUT2D eigenvalue weighted by atomic mass is 28.4. The van der Waals surface area contributed by atoms with Crippen LogP contribution in [0, 0.1) is 0 Å². The van der Waals surface area contributed by atoms with Crippen LogP contribution >= 0.6 is 0 Å². The van der Waals surface area contributed by atoms with Gasteiger partial charge in [-0.3, -0.25) is 4.79 Å². The van der Waals surface area contributed by atoms with Crippen LogP contribution in [-0.2, 0) is 13.6 Å². The number of hydrogen-bond donors (Lipinski definition) is 0. The Bertz CT molecular complexity index is 614. The van der Waals surface area contributed by atoms with E-state index < -0.39 is 16.6 Å². The van der Waals surface area contributed by atoms with Crippen molar-refractivity contribution >= 4 is 22.4 Å². The van der Waals surface area contributed by atoms with Crippen LogP contribution < -0.4 is 0 Å². The molecule has 2 heterocycles. The standard InChI is InChI=1S/C21H41NO3Si2/c1-15-12-16(23)13-17-19(25-27(10,11)21(5,6)7)18(14-22(15)17)24-26(8,9)20(2,3)4/h12,17-19H,13-14H2,1-11H3/t17-,18-,19-/m0/s1. The number of carbonyl (C=O) groups excluding carboxylic acids is 1. The molecule has 0 aliphatic carbocycles. The molecule has 3 atom stereocenters. The fraction of sp³-hybridized carbons (Fsp3) is 0.857. The highest BCUT2D eigenvalue weighted by molar-refractivity contribution is 6.74. The third-order valence-electron chi connectivity index (χ3n) is 7.24. The highest BCUT2D eigenvalue weighted by Gasteiger charge is 2.52. The topological polar surface area (TPSA) is 38.8 Å². The molecule has 2 aliphatic rings. The van der Waals surface area contributed by atoms with Gasteiger partial charge >= 0.3 is 0 Å². The quantitative estimate of drug-likeness (QED) is 0.586. The lowest BCUT2D eigenvalue weighted by atomic mass is 10.0. The molecule has 4 nitrogen and oxygen atoms in total. The minimum absolute atomic E-state index is 0.0271. The van der Waals surface area contributed by atoms with Gasteiger partial charge in [-0.05, 0) is 43.2 Å². The number of nitrogens with zero attached hydrogens (tertiary/aromatic N) is 1. The lowest BCUT2D eigenvalue weighted by Crippen LogP contribution is -2.53. The fourth-order valence-corrected chi connectivity index (χ4v) is 6.06. The first kappa shape index (κ1) is 22.8. The van der Waals surface area contributed by atoms with E-state index in [9.17, 15) is 4.79 Å². The Morgan fingerprint density at radius 3 is 1.93 bits per heavy atom. The van der Waals surface area contributed by atoms with Gasteiger partial charge in [0, 0.05) is 24.7 Å². The van der Waals surface area contributed by atoms with Crippen molar-refractivity contribution in [2.45, 2.75) is 109 Å². The van der Waals surface area contributed by atoms with Crippen molar-refractivity contribution < 1.29 is 13.6 Å². The Morgan fingerprint density at radius 2 is 1.44 bits per heavy atom. The Hall–Kier alpha value is -0.436. The van der Waals surface area contributed by atoms with Crippen molar-refractivity contribution in [3.8, 4) is 0 Å². The smallest absolute Gasteiger partial charge is 0.192 e. The Kier molecular flexibility index (Phi) is 6.02. The van der Waals surface area contributed by atoms with Crippen molar-refractivity contribution in [3.63, 3.8) is 0 Å². The van der Waals surface area contributed by atoms with Crippen molar-refractivity contribution in [1.82, 2.24) is 4.90 Å². The summed E-state index contributed by atoms with van der Waals surface area (Å²) in [5, 5.41) is 0.282. The van der Waals surface area contributed by atoms with E-state index in [2.05, 4.69) is 72.6 Å². The predicted octanol–water partition coefficient (Wildman–Crippen LogP) is 5.33. The first-order chi connectivity index (χ1) is 12.0. The second-order valence-electron chi connectivity index (χ2n) is 11.4. The van der Waals surface area contributed by atoms with Gasteiger partial charge < -0.3 is 13.8 Å². The molecule has 0 amide bonds. The maximum atomic E-state index is 12.3. The number of fused-ring (bicyclic) bond motifs is 1. The summed E-state index contributed by atoms with van der Waals surface area (Å²) in [7, 11) is -3.91. The number of allylic oxidation sites excluding steroid dienone is 2. The first-order valence-electron chi connectivity index (χ1n) is 10.3. The van der Waals surface area contributed by atoms with Crippen LogP contribution in [-0.4, -0.2) is 52.1 Å². The van der Waals surface area contributed by atoms with Gasteiger partial charge in [0.25, 0.3) is 0 Å². The summed E-state index contributed by atoms with van der Waals surface area (Å²) in [5.41, 5.74) is 1.06. The normalized spacial score (nSPS) is 27.7. The van der Waals surface area contributed by atoms with Gasteiger partial charge in [-0.2, -0.15) is 0 Å². The molecular formula is C21H41NO3Si2. The molecule has 0 aromatic heterocycles. The molecule has 2 aliphatic heterocycles. The third kappa shape index (κ3) is 4.60. The molecule has 0 unspecified atom stereocenters. The van der Waals surface area contributed by atoms with Gasteiger partial charge in [0.2, 0.25) is 0 Å². The van der Waals surface area contributed by atoms with Crippen LogP contribution in [0.1, 0.15) is 54.9 Å². The zero-order chi connectivity index (χ0) is 21.0. The Morgan fingerprint density at radius 1 is 0.963 bits per heavy atom. The van der Waals surface area contributed by atoms with E-state index in [1.165, 1.54) is 0 Å². The van der Waals surface area contributed by atoms with Crippen LogP contribution in [0.2, 0.25) is 36.3 Å². The summed E-state index contributed by atoms with van der Waals surface area (Å²) in [5.74, 6) is 0.213. The van der Waals surface area contributed by atoms with Crippen LogP contribution in [0.3, 0.4) is 0 Å². The summed E-state index contributed by atoms with van der Waals surface area (Å²) in [6.45, 7) is 25.7. The number of rotatable bonds is 4. The molecular weight excluding hydrogens is 370 g/mol. The lowest BCUT2D eigenvalue weighted by molar-refractivity contribution is -0.117. The van der Waals surface area contributed by atoms with E-state index in [4.69, 9.17) is 8.85 Å². The highest BCUT2D eigenvalue weighted by Crippen LogP contribution is 2.44. The van der Waals surface area contributed by atoms with Gasteiger partial charge in [0.1, 0.15) is 0 Å². The summed E-state index contributed by atoms with van der Waals surface area (Å²) < 4.78 is 13.8. The Balaban J connectivity index is 2.36. The largest absolute Gasteiger partial charge is 0.409 e. The predicted molar refractivity (Wildman–Crippen MR) is 118 cm³/mol. The molecule has 6 heteroatoms. The number of carbonyl (C=O) groups is 1. The molecule has 0 bridgehead atoms. The Labute approximate surface area is 168 Å². The van der Waals surface area contributed by atoms with E-state index in [1.54, 1.807) is 6.08 Å². The molecule has 0 N–H and O–H groups in total. The van der Waals surface area contributed by atoms with Crippen molar-refractivity contribution in [2.24, 2.45) is 0 Å². The molecule has 27 heavy (non-hydrogen) atoms. The summed E-state index contributed by atoms with van der Waals surface area (Å²) >= 11 is 0. The van der Waals surface area contributed by atoms with E-state index in [1.807, 2.05) is 6.92 Å². The molecule has 0 saturated carbocycles. The zero-order valence-corrected chi connectivity index (χ0v) is 21.4. The summed E-state index contributed by atoms with van der Waals surface area (Å²) in [6, 6.07) is 0.103.